The van der Waals surface area contributed by atoms with Gasteiger partial charge in [-0.15, -0.1) is 6.58 Å². The molecule has 0 aliphatic carbocycles. The molecular weight excluding hydrogens is 242 g/mol. The third-order valence-corrected chi connectivity index (χ3v) is 3.17. The molecule has 0 unspecified atom stereocenters. The molecule has 0 fully saturated rings. The van der Waals surface area contributed by atoms with E-state index in [1.165, 1.54) is 12.1 Å². The first-order chi connectivity index (χ1) is 7.94. The fraction of sp³-hybridized carbons (Fsp3) is 0.182. The first-order valence-corrected chi connectivity index (χ1v) is 6.51. The monoisotopic (exact) mass is 255 g/mol. The van der Waals surface area contributed by atoms with E-state index in [2.05, 4.69) is 11.3 Å². The molecule has 1 aromatic carbocycles. The van der Waals surface area contributed by atoms with Gasteiger partial charge in [0.15, 0.2) is 0 Å². The lowest BCUT2D eigenvalue weighted by Crippen LogP contribution is -2.17. The van der Waals surface area contributed by atoms with Gasteiger partial charge in [0.2, 0.25) is 10.0 Å². The minimum Gasteiger partial charge on any atom is -0.481 e. The van der Waals surface area contributed by atoms with Crippen molar-refractivity contribution in [2.75, 3.05) is 10.5 Å². The van der Waals surface area contributed by atoms with E-state index in [1.807, 2.05) is 0 Å². The van der Waals surface area contributed by atoms with Crippen molar-refractivity contribution in [2.45, 2.75) is 6.42 Å². The normalized spacial score (nSPS) is 10.8. The van der Waals surface area contributed by atoms with Crippen molar-refractivity contribution >= 4 is 21.7 Å². The largest absolute Gasteiger partial charge is 0.481 e. The van der Waals surface area contributed by atoms with Crippen LogP contribution < -0.4 is 4.72 Å². The number of carbonyl (C=O) groups is 1. The maximum atomic E-state index is 11.5. The van der Waals surface area contributed by atoms with E-state index < -0.39 is 16.0 Å². The molecule has 0 saturated carbocycles. The van der Waals surface area contributed by atoms with Crippen molar-refractivity contribution in [2.24, 2.45) is 0 Å². The lowest BCUT2D eigenvalue weighted by atomic mass is 10.1. The summed E-state index contributed by atoms with van der Waals surface area (Å²) in [6.07, 6.45) is 1.04. The first-order valence-electron chi connectivity index (χ1n) is 4.85. The second-order valence-electron chi connectivity index (χ2n) is 3.40. The van der Waals surface area contributed by atoms with E-state index in [9.17, 15) is 13.2 Å². The summed E-state index contributed by atoms with van der Waals surface area (Å²) in [6.45, 7) is 3.35. The fourth-order valence-corrected chi connectivity index (χ4v) is 2.23. The Labute approximate surface area is 99.8 Å². The highest BCUT2D eigenvalue weighted by Crippen LogP contribution is 2.17. The molecule has 0 atom stereocenters. The molecule has 0 aromatic heterocycles. The van der Waals surface area contributed by atoms with E-state index in [1.54, 1.807) is 18.2 Å². The highest BCUT2D eigenvalue weighted by Gasteiger charge is 2.12. The molecule has 0 bridgehead atoms. The number of hydrogen-bond acceptors (Lipinski definition) is 3. The van der Waals surface area contributed by atoms with Gasteiger partial charge in [-0.3, -0.25) is 9.52 Å². The summed E-state index contributed by atoms with van der Waals surface area (Å²) in [7, 11) is -3.50. The molecule has 2 N–H and O–H groups in total. The number of aliphatic carboxylic acids is 1. The third kappa shape index (κ3) is 4.28. The van der Waals surface area contributed by atoms with Gasteiger partial charge in [0.1, 0.15) is 0 Å². The van der Waals surface area contributed by atoms with E-state index in [0.29, 0.717) is 5.56 Å². The lowest BCUT2D eigenvalue weighted by Gasteiger charge is -2.10. The van der Waals surface area contributed by atoms with Crippen molar-refractivity contribution in [3.63, 3.8) is 0 Å². The standard InChI is InChI=1S/C11H13NO4S/c1-2-7-17(15,16)12-10-6-4-3-5-9(10)8-11(13)14/h2-6,12H,1,7-8H2,(H,13,14). The van der Waals surface area contributed by atoms with Crippen molar-refractivity contribution in [3.05, 3.63) is 42.5 Å². The van der Waals surface area contributed by atoms with E-state index in [0.717, 1.165) is 0 Å². The maximum absolute atomic E-state index is 11.5. The Kier molecular flexibility index (Phi) is 4.28. The zero-order valence-electron chi connectivity index (χ0n) is 9.09. The summed E-state index contributed by atoms with van der Waals surface area (Å²) in [6, 6.07) is 6.39. The van der Waals surface area contributed by atoms with Crippen LogP contribution in [0.2, 0.25) is 0 Å². The predicted molar refractivity (Wildman–Crippen MR) is 65.4 cm³/mol. The second-order valence-corrected chi connectivity index (χ2v) is 5.17. The average Bonchev–Trinajstić information content (AvgIpc) is 2.19. The first kappa shape index (κ1) is 13.2. The number of para-hydroxylation sites is 1. The second kappa shape index (κ2) is 5.49. The van der Waals surface area contributed by atoms with Gasteiger partial charge in [-0.25, -0.2) is 8.42 Å². The van der Waals surface area contributed by atoms with Crippen molar-refractivity contribution < 1.29 is 18.3 Å². The Morgan fingerprint density at radius 1 is 1.41 bits per heavy atom. The number of sulfonamides is 1. The van der Waals surface area contributed by atoms with E-state index in [4.69, 9.17) is 5.11 Å². The molecule has 17 heavy (non-hydrogen) atoms. The molecule has 0 spiro atoms. The molecule has 1 aromatic rings. The number of benzene rings is 1. The van der Waals surface area contributed by atoms with Crippen LogP contribution in [0.3, 0.4) is 0 Å². The van der Waals surface area contributed by atoms with Crippen LogP contribution >= 0.6 is 0 Å². The molecular formula is C11H13NO4S. The summed E-state index contributed by atoms with van der Waals surface area (Å²) < 4.78 is 25.3. The summed E-state index contributed by atoms with van der Waals surface area (Å²) in [4.78, 5) is 10.6. The third-order valence-electron chi connectivity index (χ3n) is 1.96. The predicted octanol–water partition coefficient (Wildman–Crippen LogP) is 1.24. The van der Waals surface area contributed by atoms with Crippen LogP contribution in [0, 0.1) is 0 Å². The van der Waals surface area contributed by atoms with Gasteiger partial charge in [-0.2, -0.15) is 0 Å². The average molecular weight is 255 g/mol. The van der Waals surface area contributed by atoms with Crippen molar-refractivity contribution in [3.8, 4) is 0 Å². The van der Waals surface area contributed by atoms with Gasteiger partial charge >= 0.3 is 5.97 Å². The van der Waals surface area contributed by atoms with Gasteiger partial charge in [0, 0.05) is 0 Å². The van der Waals surface area contributed by atoms with Gasteiger partial charge < -0.3 is 5.11 Å². The quantitative estimate of drug-likeness (QED) is 0.749. The van der Waals surface area contributed by atoms with Crippen LogP contribution in [0.15, 0.2) is 36.9 Å². The topological polar surface area (TPSA) is 83.5 Å². The van der Waals surface area contributed by atoms with Crippen LogP contribution in [-0.2, 0) is 21.2 Å². The van der Waals surface area contributed by atoms with Gasteiger partial charge in [0.05, 0.1) is 17.9 Å². The van der Waals surface area contributed by atoms with Gasteiger partial charge in [0.25, 0.3) is 0 Å². The number of rotatable bonds is 6. The van der Waals surface area contributed by atoms with Crippen molar-refractivity contribution in [1.82, 2.24) is 0 Å². The highest BCUT2D eigenvalue weighted by atomic mass is 32.2. The number of hydrogen-bond donors (Lipinski definition) is 2. The van der Waals surface area contributed by atoms with Crippen LogP contribution in [0.5, 0.6) is 0 Å². The molecule has 0 heterocycles. The molecule has 0 aliphatic heterocycles. The summed E-state index contributed by atoms with van der Waals surface area (Å²) in [5.41, 5.74) is 0.712. The van der Waals surface area contributed by atoms with Crippen molar-refractivity contribution in [1.29, 1.82) is 0 Å². The van der Waals surface area contributed by atoms with Crippen LogP contribution in [0.1, 0.15) is 5.56 Å². The number of anilines is 1. The maximum Gasteiger partial charge on any atom is 0.307 e. The summed E-state index contributed by atoms with van der Waals surface area (Å²) in [5.74, 6) is -1.23. The zero-order valence-corrected chi connectivity index (χ0v) is 9.90. The highest BCUT2D eigenvalue weighted by molar-refractivity contribution is 7.92. The summed E-state index contributed by atoms with van der Waals surface area (Å²) in [5, 5.41) is 8.70. The molecule has 0 radical (unpaired) electrons. The zero-order chi connectivity index (χ0) is 12.9. The van der Waals surface area contributed by atoms with Crippen LogP contribution in [0.4, 0.5) is 5.69 Å². The Morgan fingerprint density at radius 2 is 2.06 bits per heavy atom. The molecule has 0 aliphatic rings. The Hall–Kier alpha value is -1.82. The fourth-order valence-electron chi connectivity index (χ4n) is 1.30. The molecule has 0 saturated heterocycles. The number of carboxylic acids is 1. The SMILES string of the molecule is C=CCS(=O)(=O)Nc1ccccc1CC(=O)O. The Balaban J connectivity index is 2.98. The van der Waals surface area contributed by atoms with Crippen LogP contribution in [0.25, 0.3) is 0 Å². The molecule has 6 heteroatoms. The number of nitrogens with one attached hydrogen (secondary N) is 1. The summed E-state index contributed by atoms with van der Waals surface area (Å²) >= 11 is 0. The molecule has 92 valence electrons. The van der Waals surface area contributed by atoms with Gasteiger partial charge in [-0.1, -0.05) is 24.3 Å². The molecule has 1 rings (SSSR count). The van der Waals surface area contributed by atoms with Crippen LogP contribution in [-0.4, -0.2) is 25.2 Å². The Morgan fingerprint density at radius 3 is 2.65 bits per heavy atom. The van der Waals surface area contributed by atoms with E-state index >= 15 is 0 Å². The minimum absolute atomic E-state index is 0.214. The number of carboxylic acid groups (broad SMARTS) is 1. The minimum atomic E-state index is -3.50. The molecule has 5 nitrogen and oxygen atoms in total. The van der Waals surface area contributed by atoms with Gasteiger partial charge in [-0.05, 0) is 11.6 Å². The smallest absolute Gasteiger partial charge is 0.307 e. The molecule has 0 amide bonds. The Bertz CT molecular complexity index is 522. The lowest BCUT2D eigenvalue weighted by molar-refractivity contribution is -0.136. The van der Waals surface area contributed by atoms with E-state index in [-0.39, 0.29) is 17.9 Å².